The minimum atomic E-state index is -1.16. The second-order valence-electron chi connectivity index (χ2n) is 2.15. The molecule has 0 aromatic rings. The molecule has 3 N–H and O–H groups in total. The van der Waals surface area contributed by atoms with Gasteiger partial charge in [-0.2, -0.15) is 0 Å². The predicted molar refractivity (Wildman–Crippen MR) is 41.5 cm³/mol. The van der Waals surface area contributed by atoms with Crippen LogP contribution in [0, 0.1) is 0 Å². The molecule has 0 saturated heterocycles. The van der Waals surface area contributed by atoms with Crippen molar-refractivity contribution >= 4 is 11.9 Å². The molecule has 0 aromatic heterocycles. The summed E-state index contributed by atoms with van der Waals surface area (Å²) in [5, 5.41) is 18.9. The first-order valence-corrected chi connectivity index (χ1v) is 3.38. The smallest absolute Gasteiger partial charge is 0.328 e. The summed E-state index contributed by atoms with van der Waals surface area (Å²) in [6, 6.07) is 0. The van der Waals surface area contributed by atoms with Crippen molar-refractivity contribution in [3.8, 4) is 0 Å². The summed E-state index contributed by atoms with van der Waals surface area (Å²) in [6.45, 7) is 1.36. The van der Waals surface area contributed by atoms with Gasteiger partial charge in [-0.1, -0.05) is 0 Å². The van der Waals surface area contributed by atoms with Gasteiger partial charge in [0.25, 0.3) is 0 Å². The highest BCUT2D eigenvalue weighted by molar-refractivity contribution is 5.98. The fourth-order valence-corrected chi connectivity index (χ4v) is 0.560. The van der Waals surface area contributed by atoms with Crippen LogP contribution >= 0.6 is 0 Å². The van der Waals surface area contributed by atoms with Gasteiger partial charge in [-0.25, -0.2) is 4.79 Å². The lowest BCUT2D eigenvalue weighted by Crippen LogP contribution is -2.27. The van der Waals surface area contributed by atoms with Gasteiger partial charge in [0, 0.05) is 18.2 Å². The molecule has 0 aliphatic carbocycles. The molecule has 0 bridgehead atoms. The van der Waals surface area contributed by atoms with Crippen molar-refractivity contribution in [2.45, 2.75) is 6.92 Å². The van der Waals surface area contributed by atoms with Gasteiger partial charge in [-0.05, 0) is 6.92 Å². The van der Waals surface area contributed by atoms with Gasteiger partial charge in [-0.15, -0.1) is 0 Å². The zero-order valence-electron chi connectivity index (χ0n) is 6.70. The highest BCUT2D eigenvalue weighted by atomic mass is 16.4. The molecule has 0 unspecified atom stereocenters. The first kappa shape index (κ1) is 10.6. The Morgan fingerprint density at radius 3 is 2.50 bits per heavy atom. The van der Waals surface area contributed by atoms with Gasteiger partial charge >= 0.3 is 5.97 Å². The lowest BCUT2D eigenvalue weighted by molar-refractivity contribution is -0.131. The van der Waals surface area contributed by atoms with Gasteiger partial charge in [0.15, 0.2) is 0 Å². The fourth-order valence-electron chi connectivity index (χ4n) is 0.560. The van der Waals surface area contributed by atoms with Crippen LogP contribution in [0.1, 0.15) is 6.92 Å². The lowest BCUT2D eigenvalue weighted by Gasteiger charge is -2.01. The van der Waals surface area contributed by atoms with Crippen LogP contribution in [-0.2, 0) is 9.59 Å². The fraction of sp³-hybridized carbons (Fsp3) is 0.429. The van der Waals surface area contributed by atoms with Gasteiger partial charge in [-0.3, -0.25) is 4.79 Å². The number of carboxylic acid groups (broad SMARTS) is 1. The second-order valence-corrected chi connectivity index (χ2v) is 2.15. The third-order valence-electron chi connectivity index (χ3n) is 1.10. The average Bonchev–Trinajstić information content (AvgIpc) is 1.98. The molecule has 0 atom stereocenters. The maximum Gasteiger partial charge on any atom is 0.328 e. The third kappa shape index (κ3) is 4.45. The Morgan fingerprint density at radius 2 is 2.08 bits per heavy atom. The molecule has 1 amide bonds. The Bertz CT molecular complexity index is 209. The van der Waals surface area contributed by atoms with Crippen LogP contribution in [0.5, 0.6) is 0 Å². The zero-order valence-corrected chi connectivity index (χ0v) is 6.70. The van der Waals surface area contributed by atoms with E-state index in [1.165, 1.54) is 6.92 Å². The summed E-state index contributed by atoms with van der Waals surface area (Å²) in [4.78, 5) is 21.0. The van der Waals surface area contributed by atoms with Crippen LogP contribution in [-0.4, -0.2) is 35.2 Å². The number of aliphatic hydroxyl groups excluding tert-OH is 1. The van der Waals surface area contributed by atoms with E-state index in [2.05, 4.69) is 5.32 Å². The molecule has 0 aliphatic rings. The molecule has 0 saturated carbocycles. The Labute approximate surface area is 69.7 Å². The third-order valence-corrected chi connectivity index (χ3v) is 1.10. The van der Waals surface area contributed by atoms with Crippen LogP contribution < -0.4 is 5.32 Å². The quantitative estimate of drug-likeness (QED) is 0.482. The Kier molecular flexibility index (Phi) is 4.71. The highest BCUT2D eigenvalue weighted by Crippen LogP contribution is 1.90. The van der Waals surface area contributed by atoms with Crippen molar-refractivity contribution in [2.75, 3.05) is 13.2 Å². The van der Waals surface area contributed by atoms with Crippen LogP contribution in [0.2, 0.25) is 0 Å². The van der Waals surface area contributed by atoms with E-state index in [-0.39, 0.29) is 18.7 Å². The SMILES string of the molecule is CC(=CC(=O)O)C(=O)NCCO. The van der Waals surface area contributed by atoms with Crippen LogP contribution in [0.25, 0.3) is 0 Å². The highest BCUT2D eigenvalue weighted by Gasteiger charge is 2.03. The number of rotatable bonds is 4. The predicted octanol–water partition coefficient (Wildman–Crippen LogP) is -0.874. The summed E-state index contributed by atoms with van der Waals surface area (Å²) in [5.74, 6) is -1.64. The average molecular weight is 173 g/mol. The van der Waals surface area contributed by atoms with Gasteiger partial charge in [0.05, 0.1) is 6.61 Å². The second kappa shape index (κ2) is 5.31. The van der Waals surface area contributed by atoms with E-state index in [9.17, 15) is 9.59 Å². The number of carboxylic acids is 1. The van der Waals surface area contributed by atoms with Gasteiger partial charge < -0.3 is 15.5 Å². The van der Waals surface area contributed by atoms with Crippen molar-refractivity contribution in [1.82, 2.24) is 5.32 Å². The van der Waals surface area contributed by atoms with E-state index < -0.39 is 11.9 Å². The standard InChI is InChI=1S/C7H11NO4/c1-5(4-6(10)11)7(12)8-2-3-9/h4,9H,2-3H2,1H3,(H,8,12)(H,10,11). The molecular formula is C7H11NO4. The van der Waals surface area contributed by atoms with Crippen molar-refractivity contribution in [2.24, 2.45) is 0 Å². The number of aliphatic carboxylic acids is 1. The summed E-state index contributed by atoms with van der Waals surface area (Å²) in [6.07, 6.45) is 0.812. The Hall–Kier alpha value is -1.36. The van der Waals surface area contributed by atoms with Crippen LogP contribution in [0.4, 0.5) is 0 Å². The number of carbonyl (C=O) groups is 2. The number of nitrogens with one attached hydrogen (secondary N) is 1. The number of amides is 1. The maximum atomic E-state index is 10.9. The number of aliphatic hydroxyl groups is 1. The van der Waals surface area contributed by atoms with Crippen molar-refractivity contribution in [1.29, 1.82) is 0 Å². The summed E-state index contributed by atoms with van der Waals surface area (Å²) in [5.41, 5.74) is 0.107. The molecule has 0 aromatic carbocycles. The number of carbonyl (C=O) groups excluding carboxylic acids is 1. The first-order valence-electron chi connectivity index (χ1n) is 3.38. The molecule has 0 heterocycles. The van der Waals surface area contributed by atoms with Gasteiger partial charge in [0.2, 0.25) is 5.91 Å². The lowest BCUT2D eigenvalue weighted by atomic mass is 10.2. The Balaban J connectivity index is 4.01. The summed E-state index contributed by atoms with van der Waals surface area (Å²) < 4.78 is 0. The molecule has 0 spiro atoms. The molecule has 0 radical (unpaired) electrons. The van der Waals surface area contributed by atoms with Crippen molar-refractivity contribution in [3.05, 3.63) is 11.6 Å². The summed E-state index contributed by atoms with van der Waals surface area (Å²) in [7, 11) is 0. The normalized spacial score (nSPS) is 11.0. The zero-order chi connectivity index (χ0) is 9.56. The van der Waals surface area contributed by atoms with E-state index in [1.807, 2.05) is 0 Å². The topological polar surface area (TPSA) is 86.6 Å². The maximum absolute atomic E-state index is 10.9. The number of hydrogen-bond donors (Lipinski definition) is 3. The Morgan fingerprint density at radius 1 is 1.50 bits per heavy atom. The van der Waals surface area contributed by atoms with E-state index in [1.54, 1.807) is 0 Å². The van der Waals surface area contributed by atoms with Crippen molar-refractivity contribution in [3.63, 3.8) is 0 Å². The van der Waals surface area contributed by atoms with Gasteiger partial charge in [0.1, 0.15) is 0 Å². The van der Waals surface area contributed by atoms with E-state index in [4.69, 9.17) is 10.2 Å². The first-order chi connectivity index (χ1) is 5.57. The molecular weight excluding hydrogens is 162 g/mol. The molecule has 0 aliphatic heterocycles. The van der Waals surface area contributed by atoms with Crippen LogP contribution in [0.3, 0.4) is 0 Å². The minimum Gasteiger partial charge on any atom is -0.478 e. The largest absolute Gasteiger partial charge is 0.478 e. The summed E-state index contributed by atoms with van der Waals surface area (Å²) >= 11 is 0. The van der Waals surface area contributed by atoms with E-state index in [0.29, 0.717) is 0 Å². The molecule has 0 rings (SSSR count). The molecule has 12 heavy (non-hydrogen) atoms. The van der Waals surface area contributed by atoms with Crippen LogP contribution in [0.15, 0.2) is 11.6 Å². The molecule has 5 nitrogen and oxygen atoms in total. The van der Waals surface area contributed by atoms with E-state index in [0.717, 1.165) is 6.08 Å². The monoisotopic (exact) mass is 173 g/mol. The minimum absolute atomic E-state index is 0.107. The number of hydrogen-bond acceptors (Lipinski definition) is 3. The molecule has 68 valence electrons. The molecule has 5 heteroatoms. The van der Waals surface area contributed by atoms with E-state index >= 15 is 0 Å². The van der Waals surface area contributed by atoms with Crippen molar-refractivity contribution < 1.29 is 19.8 Å². The molecule has 0 fully saturated rings.